The zero-order valence-electron chi connectivity index (χ0n) is 15.4. The van der Waals surface area contributed by atoms with Crippen LogP contribution in [0.1, 0.15) is 31.2 Å². The van der Waals surface area contributed by atoms with Crippen LogP contribution in [0.3, 0.4) is 0 Å². The first kappa shape index (κ1) is 20.7. The van der Waals surface area contributed by atoms with Crippen molar-refractivity contribution in [1.29, 1.82) is 0 Å². The largest absolute Gasteiger partial charge is 0.492 e. The van der Waals surface area contributed by atoms with Gasteiger partial charge >= 0.3 is 0 Å². The molecule has 0 unspecified atom stereocenters. The highest BCUT2D eigenvalue weighted by atomic mass is 35.5. The van der Waals surface area contributed by atoms with Gasteiger partial charge in [-0.15, -0.1) is 0 Å². The van der Waals surface area contributed by atoms with Crippen LogP contribution < -0.4 is 4.74 Å². The SMILES string of the molecule is CCCc1nc(C)ccc1OCCCN(C)S(=O)(=O)c1ccc(Cl)cc1. The fourth-order valence-electron chi connectivity index (χ4n) is 2.52. The van der Waals surface area contributed by atoms with Crippen LogP contribution in [0.15, 0.2) is 41.3 Å². The average Bonchev–Trinajstić information content (AvgIpc) is 2.60. The number of hydrogen-bond acceptors (Lipinski definition) is 4. The molecule has 2 rings (SSSR count). The second-order valence-electron chi connectivity index (χ2n) is 6.13. The van der Waals surface area contributed by atoms with Crippen molar-refractivity contribution in [3.05, 3.63) is 52.8 Å². The molecule has 0 fully saturated rings. The topological polar surface area (TPSA) is 59.5 Å². The molecule has 5 nitrogen and oxygen atoms in total. The van der Waals surface area contributed by atoms with Crippen LogP contribution in [0, 0.1) is 6.92 Å². The van der Waals surface area contributed by atoms with Crippen molar-refractivity contribution in [2.45, 2.75) is 38.0 Å². The van der Waals surface area contributed by atoms with E-state index in [-0.39, 0.29) is 4.90 Å². The Labute approximate surface area is 161 Å². The van der Waals surface area contributed by atoms with Gasteiger partial charge in [0, 0.05) is 24.3 Å². The quantitative estimate of drug-likeness (QED) is 0.599. The maximum absolute atomic E-state index is 12.5. The van der Waals surface area contributed by atoms with Gasteiger partial charge in [-0.3, -0.25) is 4.98 Å². The van der Waals surface area contributed by atoms with Crippen LogP contribution >= 0.6 is 11.6 Å². The third-order valence-corrected chi connectivity index (χ3v) is 6.08. The van der Waals surface area contributed by atoms with Crippen molar-refractivity contribution in [2.75, 3.05) is 20.2 Å². The molecular weight excluding hydrogens is 372 g/mol. The molecule has 1 aromatic heterocycles. The van der Waals surface area contributed by atoms with Crippen molar-refractivity contribution >= 4 is 21.6 Å². The number of ether oxygens (including phenoxy) is 1. The Morgan fingerprint density at radius 3 is 2.50 bits per heavy atom. The summed E-state index contributed by atoms with van der Waals surface area (Å²) in [6.07, 6.45) is 2.44. The van der Waals surface area contributed by atoms with E-state index in [2.05, 4.69) is 11.9 Å². The Bertz CT molecular complexity index is 823. The number of halogens is 1. The Morgan fingerprint density at radius 2 is 1.85 bits per heavy atom. The summed E-state index contributed by atoms with van der Waals surface area (Å²) in [5.41, 5.74) is 1.92. The van der Waals surface area contributed by atoms with E-state index in [4.69, 9.17) is 16.3 Å². The number of aryl methyl sites for hydroxylation is 2. The molecular formula is C19H25ClN2O3S. The van der Waals surface area contributed by atoms with Gasteiger partial charge in [0.05, 0.1) is 17.2 Å². The number of nitrogens with zero attached hydrogens (tertiary/aromatic N) is 2. The summed E-state index contributed by atoms with van der Waals surface area (Å²) >= 11 is 5.82. The summed E-state index contributed by atoms with van der Waals surface area (Å²) in [5.74, 6) is 0.778. The first-order valence-corrected chi connectivity index (χ1v) is 10.5. The van der Waals surface area contributed by atoms with Crippen molar-refractivity contribution in [3.8, 4) is 5.75 Å². The van der Waals surface area contributed by atoms with Gasteiger partial charge in [-0.1, -0.05) is 24.9 Å². The summed E-state index contributed by atoms with van der Waals surface area (Å²) in [5, 5.41) is 0.509. The van der Waals surface area contributed by atoms with Crippen LogP contribution in [-0.2, 0) is 16.4 Å². The molecule has 0 spiro atoms. The Kier molecular flexibility index (Phi) is 7.43. The lowest BCUT2D eigenvalue weighted by molar-refractivity contribution is 0.292. The highest BCUT2D eigenvalue weighted by molar-refractivity contribution is 7.89. The molecule has 2 aromatic rings. The monoisotopic (exact) mass is 396 g/mol. The van der Waals surface area contributed by atoms with Crippen LogP contribution in [0.25, 0.3) is 0 Å². The molecule has 0 N–H and O–H groups in total. The molecule has 0 radical (unpaired) electrons. The molecule has 0 saturated carbocycles. The molecule has 7 heteroatoms. The number of sulfonamides is 1. The molecule has 0 amide bonds. The number of rotatable bonds is 9. The molecule has 26 heavy (non-hydrogen) atoms. The zero-order valence-corrected chi connectivity index (χ0v) is 17.0. The predicted octanol–water partition coefficient (Wildman–Crippen LogP) is 4.09. The smallest absolute Gasteiger partial charge is 0.242 e. The van der Waals surface area contributed by atoms with Crippen molar-refractivity contribution < 1.29 is 13.2 Å². The first-order chi connectivity index (χ1) is 12.3. The zero-order chi connectivity index (χ0) is 19.2. The van der Waals surface area contributed by atoms with Gasteiger partial charge in [0.15, 0.2) is 0 Å². The van der Waals surface area contributed by atoms with Gasteiger partial charge in [-0.2, -0.15) is 0 Å². The molecule has 0 atom stereocenters. The summed E-state index contributed by atoms with van der Waals surface area (Å²) in [6.45, 7) is 4.86. The Balaban J connectivity index is 1.90. The summed E-state index contributed by atoms with van der Waals surface area (Å²) in [6, 6.07) is 10.0. The average molecular weight is 397 g/mol. The van der Waals surface area contributed by atoms with Crippen molar-refractivity contribution in [1.82, 2.24) is 9.29 Å². The summed E-state index contributed by atoms with van der Waals surface area (Å²) < 4.78 is 32.2. The van der Waals surface area contributed by atoms with Gasteiger partial charge in [0.2, 0.25) is 10.0 Å². The lowest BCUT2D eigenvalue weighted by Gasteiger charge is -2.18. The molecule has 0 aliphatic carbocycles. The van der Waals surface area contributed by atoms with Gasteiger partial charge in [0.1, 0.15) is 5.75 Å². The number of aromatic nitrogens is 1. The predicted molar refractivity (Wildman–Crippen MR) is 104 cm³/mol. The van der Waals surface area contributed by atoms with Gasteiger partial charge in [0.25, 0.3) is 0 Å². The normalized spacial score (nSPS) is 11.7. The molecule has 1 aromatic carbocycles. The van der Waals surface area contributed by atoms with E-state index in [1.54, 1.807) is 19.2 Å². The minimum atomic E-state index is -3.52. The van der Waals surface area contributed by atoms with E-state index >= 15 is 0 Å². The van der Waals surface area contributed by atoms with E-state index in [1.807, 2.05) is 19.1 Å². The molecule has 0 aliphatic heterocycles. The lowest BCUT2D eigenvalue weighted by Crippen LogP contribution is -2.28. The van der Waals surface area contributed by atoms with E-state index in [9.17, 15) is 8.42 Å². The minimum Gasteiger partial charge on any atom is -0.492 e. The van der Waals surface area contributed by atoms with E-state index in [1.165, 1.54) is 16.4 Å². The lowest BCUT2D eigenvalue weighted by atomic mass is 10.2. The Morgan fingerprint density at radius 1 is 1.15 bits per heavy atom. The highest BCUT2D eigenvalue weighted by Crippen LogP contribution is 2.20. The maximum atomic E-state index is 12.5. The number of benzene rings is 1. The second-order valence-corrected chi connectivity index (χ2v) is 8.61. The molecule has 1 heterocycles. The van der Waals surface area contributed by atoms with E-state index < -0.39 is 10.0 Å². The third kappa shape index (κ3) is 5.43. The van der Waals surface area contributed by atoms with Crippen LogP contribution in [0.2, 0.25) is 5.02 Å². The standard InChI is InChI=1S/C19H25ClN2O3S/c1-4-6-18-19(12-7-15(2)21-18)25-14-5-13-22(3)26(23,24)17-10-8-16(20)9-11-17/h7-12H,4-6,13-14H2,1-3H3. The molecule has 0 saturated heterocycles. The maximum Gasteiger partial charge on any atom is 0.242 e. The fraction of sp³-hybridized carbons (Fsp3) is 0.421. The van der Waals surface area contributed by atoms with Crippen LogP contribution in [0.5, 0.6) is 5.75 Å². The minimum absolute atomic E-state index is 0.235. The van der Waals surface area contributed by atoms with Crippen molar-refractivity contribution in [3.63, 3.8) is 0 Å². The van der Waals surface area contributed by atoms with E-state index in [0.717, 1.165) is 30.0 Å². The van der Waals surface area contributed by atoms with Crippen molar-refractivity contribution in [2.24, 2.45) is 0 Å². The molecule has 142 valence electrons. The second kappa shape index (κ2) is 9.35. The number of pyridine rings is 1. The van der Waals surface area contributed by atoms with Gasteiger partial charge in [-0.25, -0.2) is 12.7 Å². The summed E-state index contributed by atoms with van der Waals surface area (Å²) in [7, 11) is -1.95. The van der Waals surface area contributed by atoms with Gasteiger partial charge in [-0.05, 0) is 56.2 Å². The van der Waals surface area contributed by atoms with Crippen LogP contribution in [0.4, 0.5) is 0 Å². The molecule has 0 bridgehead atoms. The fourth-order valence-corrected chi connectivity index (χ4v) is 3.86. The van der Waals surface area contributed by atoms with E-state index in [0.29, 0.717) is 24.6 Å². The number of hydrogen-bond donors (Lipinski definition) is 0. The van der Waals surface area contributed by atoms with Gasteiger partial charge < -0.3 is 4.74 Å². The highest BCUT2D eigenvalue weighted by Gasteiger charge is 2.20. The Hall–Kier alpha value is -1.63. The molecule has 0 aliphatic rings. The summed E-state index contributed by atoms with van der Waals surface area (Å²) in [4.78, 5) is 4.76. The van der Waals surface area contributed by atoms with Crippen LogP contribution in [-0.4, -0.2) is 37.9 Å². The first-order valence-electron chi connectivity index (χ1n) is 8.66. The third-order valence-electron chi connectivity index (χ3n) is 3.96.